The van der Waals surface area contributed by atoms with Gasteiger partial charge < -0.3 is 5.32 Å². The van der Waals surface area contributed by atoms with E-state index in [1.54, 1.807) is 0 Å². The lowest BCUT2D eigenvalue weighted by atomic mass is 9.67. The molecule has 1 aromatic rings. The zero-order valence-electron chi connectivity index (χ0n) is 10.8. The highest BCUT2D eigenvalue weighted by Crippen LogP contribution is 2.43. The van der Waals surface area contributed by atoms with Gasteiger partial charge in [-0.15, -0.1) is 0 Å². The highest BCUT2D eigenvalue weighted by molar-refractivity contribution is 5.64. The minimum atomic E-state index is 0.594. The number of hydrogen-bond donors (Lipinski definition) is 1. The van der Waals surface area contributed by atoms with Crippen molar-refractivity contribution in [1.29, 1.82) is 0 Å². The van der Waals surface area contributed by atoms with Crippen LogP contribution in [0.25, 0.3) is 5.57 Å². The van der Waals surface area contributed by atoms with Crippen molar-refractivity contribution >= 4 is 5.57 Å². The van der Waals surface area contributed by atoms with Crippen molar-refractivity contribution in [2.24, 2.45) is 5.41 Å². The van der Waals surface area contributed by atoms with Crippen LogP contribution in [0.1, 0.15) is 38.2 Å². The van der Waals surface area contributed by atoms with Crippen LogP contribution in [-0.2, 0) is 0 Å². The van der Waals surface area contributed by atoms with E-state index >= 15 is 0 Å². The van der Waals surface area contributed by atoms with E-state index in [0.29, 0.717) is 5.41 Å². The number of hydrogen-bond acceptors (Lipinski definition) is 1. The van der Waals surface area contributed by atoms with Gasteiger partial charge in [-0.3, -0.25) is 0 Å². The molecule has 0 atom stereocenters. The number of nitrogens with one attached hydrogen (secondary N) is 1. The fraction of sp³-hybridized carbons (Fsp3) is 0.500. The summed E-state index contributed by atoms with van der Waals surface area (Å²) < 4.78 is 0. The first-order valence-electron chi connectivity index (χ1n) is 6.70. The van der Waals surface area contributed by atoms with Gasteiger partial charge in [-0.05, 0) is 35.8 Å². The van der Waals surface area contributed by atoms with Crippen LogP contribution in [0.4, 0.5) is 0 Å². The molecule has 1 nitrogen and oxygen atoms in total. The lowest BCUT2D eigenvalue weighted by Gasteiger charge is -2.41. The summed E-state index contributed by atoms with van der Waals surface area (Å²) in [6, 6.07) is 10.4. The van der Waals surface area contributed by atoms with Gasteiger partial charge in [-0.2, -0.15) is 0 Å². The molecule has 0 amide bonds. The Hall–Kier alpha value is -1.08. The Morgan fingerprint density at radius 2 is 2.00 bits per heavy atom. The van der Waals surface area contributed by atoms with E-state index in [2.05, 4.69) is 43.1 Å². The van der Waals surface area contributed by atoms with Crippen LogP contribution in [0.15, 0.2) is 36.9 Å². The predicted molar refractivity (Wildman–Crippen MR) is 74.9 cm³/mol. The maximum absolute atomic E-state index is 4.15. The van der Waals surface area contributed by atoms with Crippen molar-refractivity contribution in [2.75, 3.05) is 13.1 Å². The molecule has 1 aliphatic rings. The Morgan fingerprint density at radius 3 is 2.53 bits per heavy atom. The lowest BCUT2D eigenvalue weighted by Crippen LogP contribution is -2.39. The summed E-state index contributed by atoms with van der Waals surface area (Å²) >= 11 is 0. The molecule has 92 valence electrons. The maximum atomic E-state index is 4.15. The van der Waals surface area contributed by atoms with E-state index in [-0.39, 0.29) is 0 Å². The zero-order valence-corrected chi connectivity index (χ0v) is 10.8. The van der Waals surface area contributed by atoms with E-state index in [4.69, 9.17) is 0 Å². The third kappa shape index (κ3) is 2.98. The van der Waals surface area contributed by atoms with Crippen molar-refractivity contribution in [3.05, 3.63) is 42.5 Å². The van der Waals surface area contributed by atoms with Crippen molar-refractivity contribution in [2.45, 2.75) is 32.6 Å². The van der Waals surface area contributed by atoms with E-state index in [1.807, 2.05) is 6.07 Å². The molecule has 0 aliphatic heterocycles. The second-order valence-corrected chi connectivity index (χ2v) is 5.28. The first-order chi connectivity index (χ1) is 8.26. The minimum Gasteiger partial charge on any atom is -0.312 e. The predicted octanol–water partition coefficient (Wildman–Crippen LogP) is 3.87. The summed E-state index contributed by atoms with van der Waals surface area (Å²) in [5.74, 6) is 0. The van der Waals surface area contributed by atoms with Crippen LogP contribution in [0.2, 0.25) is 0 Å². The normalized spacial score (nSPS) is 17.5. The average Bonchev–Trinajstić information content (AvgIpc) is 2.33. The van der Waals surface area contributed by atoms with Gasteiger partial charge in [0.1, 0.15) is 0 Å². The highest BCUT2D eigenvalue weighted by Gasteiger charge is 2.34. The van der Waals surface area contributed by atoms with Crippen LogP contribution < -0.4 is 5.32 Å². The molecule has 0 spiro atoms. The van der Waals surface area contributed by atoms with Crippen LogP contribution >= 0.6 is 0 Å². The largest absolute Gasteiger partial charge is 0.312 e. The van der Waals surface area contributed by atoms with E-state index in [1.165, 1.54) is 36.8 Å². The van der Waals surface area contributed by atoms with E-state index in [0.717, 1.165) is 13.1 Å². The SMILES string of the molecule is C=C(CNCC1(CC)CCC1)c1ccccc1. The Labute approximate surface area is 105 Å². The third-order valence-electron chi connectivity index (χ3n) is 4.18. The van der Waals surface area contributed by atoms with Crippen molar-refractivity contribution < 1.29 is 0 Å². The summed E-state index contributed by atoms with van der Waals surface area (Å²) in [7, 11) is 0. The molecular weight excluding hydrogens is 206 g/mol. The lowest BCUT2D eigenvalue weighted by molar-refractivity contribution is 0.126. The van der Waals surface area contributed by atoms with Crippen LogP contribution in [-0.4, -0.2) is 13.1 Å². The van der Waals surface area contributed by atoms with Gasteiger partial charge in [0.15, 0.2) is 0 Å². The van der Waals surface area contributed by atoms with Gasteiger partial charge in [-0.25, -0.2) is 0 Å². The topological polar surface area (TPSA) is 12.0 Å². The Kier molecular flexibility index (Phi) is 4.01. The fourth-order valence-electron chi connectivity index (χ4n) is 2.59. The quantitative estimate of drug-likeness (QED) is 0.781. The molecule has 1 fully saturated rings. The molecule has 0 radical (unpaired) electrons. The molecule has 0 bridgehead atoms. The number of benzene rings is 1. The molecule has 1 aromatic carbocycles. The first kappa shape index (κ1) is 12.4. The summed E-state index contributed by atoms with van der Waals surface area (Å²) in [6.07, 6.45) is 5.51. The van der Waals surface area contributed by atoms with Gasteiger partial charge in [-0.1, -0.05) is 50.3 Å². The molecule has 0 unspecified atom stereocenters. The smallest absolute Gasteiger partial charge is 0.0205 e. The van der Waals surface area contributed by atoms with Crippen molar-refractivity contribution in [3.8, 4) is 0 Å². The summed E-state index contributed by atoms with van der Waals surface area (Å²) in [5.41, 5.74) is 3.03. The first-order valence-corrected chi connectivity index (χ1v) is 6.70. The molecule has 0 saturated heterocycles. The van der Waals surface area contributed by atoms with Crippen molar-refractivity contribution in [3.63, 3.8) is 0 Å². The van der Waals surface area contributed by atoms with Gasteiger partial charge in [0.05, 0.1) is 0 Å². The zero-order chi connectivity index (χ0) is 12.1. The molecule has 1 aliphatic carbocycles. The van der Waals surface area contributed by atoms with Gasteiger partial charge in [0.2, 0.25) is 0 Å². The van der Waals surface area contributed by atoms with Gasteiger partial charge in [0.25, 0.3) is 0 Å². The van der Waals surface area contributed by atoms with E-state index in [9.17, 15) is 0 Å². The van der Waals surface area contributed by atoms with Crippen LogP contribution in [0.3, 0.4) is 0 Å². The minimum absolute atomic E-state index is 0.594. The maximum Gasteiger partial charge on any atom is 0.0205 e. The standard InChI is InChI=1S/C16H23N/c1-3-16(10-7-11-16)13-17-12-14(2)15-8-5-4-6-9-15/h4-6,8-9,17H,2-3,7,10-13H2,1H3. The molecular formula is C16H23N. The van der Waals surface area contributed by atoms with Crippen LogP contribution in [0, 0.1) is 5.41 Å². The molecule has 0 aromatic heterocycles. The molecule has 1 heteroatoms. The number of rotatable bonds is 6. The Bertz CT molecular complexity index is 357. The monoisotopic (exact) mass is 229 g/mol. The third-order valence-corrected chi connectivity index (χ3v) is 4.18. The fourth-order valence-corrected chi connectivity index (χ4v) is 2.59. The molecule has 1 N–H and O–H groups in total. The Morgan fingerprint density at radius 1 is 1.29 bits per heavy atom. The van der Waals surface area contributed by atoms with E-state index < -0.39 is 0 Å². The van der Waals surface area contributed by atoms with Gasteiger partial charge in [0, 0.05) is 13.1 Å². The highest BCUT2D eigenvalue weighted by atomic mass is 14.9. The van der Waals surface area contributed by atoms with Crippen LogP contribution in [0.5, 0.6) is 0 Å². The average molecular weight is 229 g/mol. The molecule has 2 rings (SSSR count). The summed E-state index contributed by atoms with van der Waals surface area (Å²) in [6.45, 7) is 8.52. The second-order valence-electron chi connectivity index (χ2n) is 5.28. The molecule has 17 heavy (non-hydrogen) atoms. The summed E-state index contributed by atoms with van der Waals surface area (Å²) in [5, 5.41) is 3.58. The molecule has 1 saturated carbocycles. The Balaban J connectivity index is 1.77. The van der Waals surface area contributed by atoms with Crippen molar-refractivity contribution in [1.82, 2.24) is 5.32 Å². The summed E-state index contributed by atoms with van der Waals surface area (Å²) in [4.78, 5) is 0. The second kappa shape index (κ2) is 5.50. The van der Waals surface area contributed by atoms with Gasteiger partial charge >= 0.3 is 0 Å². The molecule has 0 heterocycles.